The van der Waals surface area contributed by atoms with Crippen LogP contribution in [0.25, 0.3) is 0 Å². The van der Waals surface area contributed by atoms with Gasteiger partial charge in [0, 0.05) is 37.9 Å². The van der Waals surface area contributed by atoms with Gasteiger partial charge in [0.15, 0.2) is 0 Å². The molecule has 1 unspecified atom stereocenters. The first-order valence-electron chi connectivity index (χ1n) is 6.71. The fraction of sp³-hybridized carbons (Fsp3) is 0.500. The molecule has 1 heterocycles. The molecule has 0 aliphatic carbocycles. The Labute approximate surface area is 124 Å². The van der Waals surface area contributed by atoms with Crippen LogP contribution in [0.15, 0.2) is 18.2 Å². The van der Waals surface area contributed by atoms with E-state index < -0.39 is 0 Å². The summed E-state index contributed by atoms with van der Waals surface area (Å²) in [6.07, 6.45) is 0. The summed E-state index contributed by atoms with van der Waals surface area (Å²) in [5.74, 6) is 0.538. The number of hydrogen-bond acceptors (Lipinski definition) is 4. The van der Waals surface area contributed by atoms with Gasteiger partial charge in [0.05, 0.1) is 18.2 Å². The molecule has 0 spiro atoms. The van der Waals surface area contributed by atoms with E-state index in [1.165, 1.54) is 0 Å². The topological polar surface area (TPSA) is 53.6 Å². The molecule has 0 bridgehead atoms. The van der Waals surface area contributed by atoms with Crippen LogP contribution in [-0.2, 0) is 4.79 Å². The number of nitrogens with one attached hydrogen (secondary N) is 2. The quantitative estimate of drug-likeness (QED) is 0.886. The van der Waals surface area contributed by atoms with Crippen LogP contribution in [0.2, 0.25) is 5.02 Å². The lowest BCUT2D eigenvalue weighted by Gasteiger charge is -2.31. The fourth-order valence-electron chi connectivity index (χ4n) is 2.22. The zero-order valence-corrected chi connectivity index (χ0v) is 12.5. The molecule has 5 nitrogen and oxygen atoms in total. The highest BCUT2D eigenvalue weighted by molar-refractivity contribution is 6.32. The number of nitrogens with zero attached hydrogens (tertiary/aromatic N) is 1. The Morgan fingerprint density at radius 1 is 1.45 bits per heavy atom. The van der Waals surface area contributed by atoms with Gasteiger partial charge < -0.3 is 15.4 Å². The number of carbonyl (C=O) groups excluding carboxylic acids is 1. The molecule has 110 valence electrons. The van der Waals surface area contributed by atoms with Crippen LogP contribution >= 0.6 is 11.6 Å². The maximum atomic E-state index is 12.2. The summed E-state index contributed by atoms with van der Waals surface area (Å²) in [6, 6.07) is 5.06. The Bertz CT molecular complexity index is 475. The summed E-state index contributed by atoms with van der Waals surface area (Å²) in [4.78, 5) is 14.4. The fourth-order valence-corrected chi connectivity index (χ4v) is 2.41. The van der Waals surface area contributed by atoms with E-state index in [0.29, 0.717) is 16.5 Å². The van der Waals surface area contributed by atoms with E-state index in [0.717, 1.165) is 26.2 Å². The van der Waals surface area contributed by atoms with Gasteiger partial charge >= 0.3 is 0 Å². The van der Waals surface area contributed by atoms with Crippen molar-refractivity contribution in [3.05, 3.63) is 23.2 Å². The highest BCUT2D eigenvalue weighted by atomic mass is 35.5. The Morgan fingerprint density at radius 3 is 2.80 bits per heavy atom. The molecule has 1 fully saturated rings. The Hall–Kier alpha value is -1.30. The monoisotopic (exact) mass is 297 g/mol. The predicted octanol–water partition coefficient (Wildman–Crippen LogP) is 1.58. The molecule has 2 N–H and O–H groups in total. The number of methoxy groups -OCH3 is 1. The van der Waals surface area contributed by atoms with Crippen molar-refractivity contribution < 1.29 is 9.53 Å². The lowest BCUT2D eigenvalue weighted by atomic mass is 10.2. The van der Waals surface area contributed by atoms with Crippen LogP contribution in [0.3, 0.4) is 0 Å². The Balaban J connectivity index is 1.99. The lowest BCUT2D eigenvalue weighted by molar-refractivity contribution is -0.120. The average Bonchev–Trinajstić information content (AvgIpc) is 2.49. The minimum absolute atomic E-state index is 0.0173. The van der Waals surface area contributed by atoms with Crippen molar-refractivity contribution >= 4 is 23.2 Å². The van der Waals surface area contributed by atoms with Crippen LogP contribution in [0.1, 0.15) is 6.92 Å². The van der Waals surface area contributed by atoms with Crippen LogP contribution in [0, 0.1) is 0 Å². The Morgan fingerprint density at radius 2 is 2.15 bits per heavy atom. The normalized spacial score (nSPS) is 17.6. The summed E-state index contributed by atoms with van der Waals surface area (Å²) in [6.45, 7) is 5.55. The van der Waals surface area contributed by atoms with Crippen molar-refractivity contribution in [1.82, 2.24) is 10.2 Å². The number of amides is 1. The van der Waals surface area contributed by atoms with E-state index >= 15 is 0 Å². The van der Waals surface area contributed by atoms with Gasteiger partial charge in [-0.25, -0.2) is 0 Å². The Kier molecular flexibility index (Phi) is 5.23. The van der Waals surface area contributed by atoms with Gasteiger partial charge in [-0.1, -0.05) is 11.6 Å². The third kappa shape index (κ3) is 3.62. The van der Waals surface area contributed by atoms with Crippen molar-refractivity contribution in [3.63, 3.8) is 0 Å². The first-order chi connectivity index (χ1) is 9.61. The summed E-state index contributed by atoms with van der Waals surface area (Å²) in [5, 5.41) is 6.70. The number of ether oxygens (including phenoxy) is 1. The maximum absolute atomic E-state index is 12.2. The molecule has 0 aromatic heterocycles. The van der Waals surface area contributed by atoms with Crippen LogP contribution in [-0.4, -0.2) is 50.1 Å². The van der Waals surface area contributed by atoms with Crippen molar-refractivity contribution in [2.24, 2.45) is 0 Å². The number of halogens is 1. The van der Waals surface area contributed by atoms with Crippen molar-refractivity contribution in [2.75, 3.05) is 38.6 Å². The summed E-state index contributed by atoms with van der Waals surface area (Å²) in [7, 11) is 1.55. The van der Waals surface area contributed by atoms with E-state index in [9.17, 15) is 4.79 Å². The van der Waals surface area contributed by atoms with E-state index in [-0.39, 0.29) is 11.9 Å². The van der Waals surface area contributed by atoms with Crippen molar-refractivity contribution in [3.8, 4) is 5.75 Å². The minimum atomic E-state index is -0.154. The molecule has 1 aliphatic rings. The minimum Gasteiger partial charge on any atom is -0.495 e. The second-order valence-electron chi connectivity index (χ2n) is 4.80. The number of hydrogen-bond donors (Lipinski definition) is 2. The standard InChI is InChI=1S/C14H20ClN3O2/c1-10(18-7-5-16-6-8-18)14(19)17-11-3-4-12(15)13(9-11)20-2/h3-4,9-10,16H,5-8H2,1-2H3,(H,17,19). The predicted molar refractivity (Wildman–Crippen MR) is 80.5 cm³/mol. The average molecular weight is 298 g/mol. The lowest BCUT2D eigenvalue weighted by Crippen LogP contribution is -2.51. The molecule has 20 heavy (non-hydrogen) atoms. The second-order valence-corrected chi connectivity index (χ2v) is 5.21. The molecular formula is C14H20ClN3O2. The number of anilines is 1. The van der Waals surface area contributed by atoms with Gasteiger partial charge in [0.25, 0.3) is 0 Å². The third-order valence-electron chi connectivity index (χ3n) is 3.50. The van der Waals surface area contributed by atoms with Crippen molar-refractivity contribution in [2.45, 2.75) is 13.0 Å². The molecule has 0 radical (unpaired) electrons. The van der Waals surface area contributed by atoms with Gasteiger partial charge in [0.2, 0.25) is 5.91 Å². The number of carbonyl (C=O) groups is 1. The smallest absolute Gasteiger partial charge is 0.241 e. The number of piperazine rings is 1. The molecule has 6 heteroatoms. The molecule has 2 rings (SSSR count). The molecule has 0 saturated carbocycles. The van der Waals surface area contributed by atoms with Gasteiger partial charge in [0.1, 0.15) is 5.75 Å². The summed E-state index contributed by atoms with van der Waals surface area (Å²) in [5.41, 5.74) is 0.693. The van der Waals surface area contributed by atoms with Crippen LogP contribution in [0.4, 0.5) is 5.69 Å². The van der Waals surface area contributed by atoms with E-state index in [1.54, 1.807) is 25.3 Å². The van der Waals surface area contributed by atoms with Gasteiger partial charge in [-0.3, -0.25) is 9.69 Å². The zero-order chi connectivity index (χ0) is 14.5. The molecule has 1 amide bonds. The first kappa shape index (κ1) is 15.1. The van der Waals surface area contributed by atoms with E-state index in [2.05, 4.69) is 15.5 Å². The van der Waals surface area contributed by atoms with Gasteiger partial charge in [-0.2, -0.15) is 0 Å². The van der Waals surface area contributed by atoms with Crippen LogP contribution in [0.5, 0.6) is 5.75 Å². The molecule has 1 aliphatic heterocycles. The maximum Gasteiger partial charge on any atom is 0.241 e. The number of rotatable bonds is 4. The van der Waals surface area contributed by atoms with Gasteiger partial charge in [-0.05, 0) is 19.1 Å². The number of benzene rings is 1. The largest absolute Gasteiger partial charge is 0.495 e. The SMILES string of the molecule is COc1cc(NC(=O)C(C)N2CCNCC2)ccc1Cl. The molecule has 1 atom stereocenters. The third-order valence-corrected chi connectivity index (χ3v) is 3.81. The summed E-state index contributed by atoms with van der Waals surface area (Å²) < 4.78 is 5.14. The van der Waals surface area contributed by atoms with Crippen LogP contribution < -0.4 is 15.4 Å². The van der Waals surface area contributed by atoms with E-state index in [4.69, 9.17) is 16.3 Å². The first-order valence-corrected chi connectivity index (χ1v) is 7.09. The molecular weight excluding hydrogens is 278 g/mol. The summed E-state index contributed by atoms with van der Waals surface area (Å²) >= 11 is 5.96. The van der Waals surface area contributed by atoms with E-state index in [1.807, 2.05) is 6.92 Å². The second kappa shape index (κ2) is 6.92. The molecule has 1 aromatic carbocycles. The van der Waals surface area contributed by atoms with Crippen molar-refractivity contribution in [1.29, 1.82) is 0 Å². The highest BCUT2D eigenvalue weighted by Gasteiger charge is 2.22. The van der Waals surface area contributed by atoms with Gasteiger partial charge in [-0.15, -0.1) is 0 Å². The molecule has 1 aromatic rings. The molecule has 1 saturated heterocycles. The zero-order valence-electron chi connectivity index (χ0n) is 11.8. The highest BCUT2D eigenvalue weighted by Crippen LogP contribution is 2.27.